The van der Waals surface area contributed by atoms with E-state index in [1.807, 2.05) is 0 Å². The lowest BCUT2D eigenvalue weighted by atomic mass is 10.1. The van der Waals surface area contributed by atoms with Gasteiger partial charge in [0.1, 0.15) is 0 Å². The van der Waals surface area contributed by atoms with Gasteiger partial charge in [0, 0.05) is 6.20 Å². The van der Waals surface area contributed by atoms with Crippen molar-refractivity contribution in [2.75, 3.05) is 11.1 Å². The Morgan fingerprint density at radius 3 is 2.74 bits per heavy atom. The van der Waals surface area contributed by atoms with Crippen molar-refractivity contribution < 1.29 is 4.79 Å². The molecule has 0 unspecified atom stereocenters. The van der Waals surface area contributed by atoms with Gasteiger partial charge in [-0.25, -0.2) is 0 Å². The molecule has 0 radical (unpaired) electrons. The molecule has 19 heavy (non-hydrogen) atoms. The minimum atomic E-state index is -0.184. The molecule has 0 aliphatic carbocycles. The van der Waals surface area contributed by atoms with Gasteiger partial charge in [-0.2, -0.15) is 0 Å². The van der Waals surface area contributed by atoms with Crippen molar-refractivity contribution in [2.24, 2.45) is 0 Å². The number of anilines is 2. The molecule has 2 rings (SSSR count). The lowest BCUT2D eigenvalue weighted by Gasteiger charge is -2.08. The summed E-state index contributed by atoms with van der Waals surface area (Å²) in [5, 5.41) is 3.60. The van der Waals surface area contributed by atoms with Gasteiger partial charge >= 0.3 is 0 Å². The zero-order valence-corrected chi connectivity index (χ0v) is 11.4. The van der Waals surface area contributed by atoms with Crippen molar-refractivity contribution in [1.82, 2.24) is 4.98 Å². The van der Waals surface area contributed by atoms with Crippen LogP contribution in [0.4, 0.5) is 11.4 Å². The third kappa shape index (κ3) is 3.59. The van der Waals surface area contributed by atoms with Crippen LogP contribution in [0.2, 0.25) is 10.0 Å². The van der Waals surface area contributed by atoms with E-state index in [-0.39, 0.29) is 12.3 Å². The van der Waals surface area contributed by atoms with Gasteiger partial charge in [-0.15, -0.1) is 0 Å². The van der Waals surface area contributed by atoms with Crippen LogP contribution in [0.1, 0.15) is 5.56 Å². The predicted molar refractivity (Wildman–Crippen MR) is 77.4 cm³/mol. The number of pyridine rings is 1. The number of nitrogens with two attached hydrogens (primary N) is 1. The summed E-state index contributed by atoms with van der Waals surface area (Å²) in [4.78, 5) is 15.7. The van der Waals surface area contributed by atoms with E-state index in [0.717, 1.165) is 5.56 Å². The Kier molecular flexibility index (Phi) is 4.24. The van der Waals surface area contributed by atoms with Gasteiger partial charge in [0.25, 0.3) is 0 Å². The second-order valence-corrected chi connectivity index (χ2v) is 4.75. The number of nitrogens with zero attached hydrogens (tertiary/aromatic N) is 1. The summed E-state index contributed by atoms with van der Waals surface area (Å²) in [6.45, 7) is 0. The predicted octanol–water partition coefficient (Wildman–Crippen LogP) is 3.15. The van der Waals surface area contributed by atoms with Crippen LogP contribution >= 0.6 is 23.2 Å². The van der Waals surface area contributed by atoms with Crippen molar-refractivity contribution in [3.8, 4) is 0 Å². The minimum absolute atomic E-state index is 0.184. The van der Waals surface area contributed by atoms with Gasteiger partial charge in [0.2, 0.25) is 5.91 Å². The molecule has 1 aromatic heterocycles. The first-order valence-corrected chi connectivity index (χ1v) is 6.25. The molecule has 0 atom stereocenters. The average molecular weight is 296 g/mol. The molecule has 0 aliphatic heterocycles. The summed E-state index contributed by atoms with van der Waals surface area (Å²) in [7, 11) is 0. The SMILES string of the molecule is Nc1cnccc1NC(=O)Cc1ccc(Cl)c(Cl)c1. The van der Waals surface area contributed by atoms with Crippen molar-refractivity contribution in [3.05, 3.63) is 52.3 Å². The number of halogens is 2. The van der Waals surface area contributed by atoms with E-state index in [1.165, 1.54) is 6.20 Å². The summed E-state index contributed by atoms with van der Waals surface area (Å²) in [6.07, 6.45) is 3.23. The van der Waals surface area contributed by atoms with Crippen LogP contribution in [0, 0.1) is 0 Å². The number of aromatic nitrogens is 1. The van der Waals surface area contributed by atoms with Crippen LogP contribution in [-0.2, 0) is 11.2 Å². The lowest BCUT2D eigenvalue weighted by Crippen LogP contribution is -2.15. The standard InChI is InChI=1S/C13H11Cl2N3O/c14-9-2-1-8(5-10(9)15)6-13(19)18-12-3-4-17-7-11(12)16/h1-5,7H,6,16H2,(H,17,18,19). The van der Waals surface area contributed by atoms with E-state index in [4.69, 9.17) is 28.9 Å². The Hall–Kier alpha value is -1.78. The molecule has 2 aromatic rings. The largest absolute Gasteiger partial charge is 0.396 e. The molecule has 0 saturated heterocycles. The van der Waals surface area contributed by atoms with Crippen LogP contribution in [0.15, 0.2) is 36.7 Å². The topological polar surface area (TPSA) is 68.0 Å². The molecular formula is C13H11Cl2N3O. The van der Waals surface area contributed by atoms with Crippen molar-refractivity contribution in [1.29, 1.82) is 0 Å². The van der Waals surface area contributed by atoms with E-state index in [0.29, 0.717) is 21.4 Å². The highest BCUT2D eigenvalue weighted by Gasteiger charge is 2.07. The van der Waals surface area contributed by atoms with E-state index in [9.17, 15) is 4.79 Å². The van der Waals surface area contributed by atoms with E-state index < -0.39 is 0 Å². The molecule has 6 heteroatoms. The summed E-state index contributed by atoms with van der Waals surface area (Å²) >= 11 is 11.7. The maximum absolute atomic E-state index is 11.9. The summed E-state index contributed by atoms with van der Waals surface area (Å²) in [5.74, 6) is -0.184. The van der Waals surface area contributed by atoms with Crippen molar-refractivity contribution >= 4 is 40.5 Å². The molecule has 1 aromatic carbocycles. The molecule has 0 fully saturated rings. The fourth-order valence-corrected chi connectivity index (χ4v) is 1.87. The Bertz CT molecular complexity index is 617. The van der Waals surface area contributed by atoms with E-state index in [1.54, 1.807) is 30.5 Å². The smallest absolute Gasteiger partial charge is 0.228 e. The Morgan fingerprint density at radius 2 is 2.05 bits per heavy atom. The van der Waals surface area contributed by atoms with Gasteiger partial charge in [-0.05, 0) is 23.8 Å². The first-order valence-electron chi connectivity index (χ1n) is 5.49. The molecule has 0 spiro atoms. The van der Waals surface area contributed by atoms with Crippen molar-refractivity contribution in [3.63, 3.8) is 0 Å². The van der Waals surface area contributed by atoms with Gasteiger partial charge in [0.15, 0.2) is 0 Å². The molecule has 3 N–H and O–H groups in total. The molecule has 4 nitrogen and oxygen atoms in total. The zero-order valence-electron chi connectivity index (χ0n) is 9.86. The Morgan fingerprint density at radius 1 is 1.26 bits per heavy atom. The molecule has 0 bridgehead atoms. The number of amides is 1. The Labute approximate surface area is 120 Å². The minimum Gasteiger partial charge on any atom is -0.396 e. The summed E-state index contributed by atoms with van der Waals surface area (Å²) in [5.41, 5.74) is 7.43. The van der Waals surface area contributed by atoms with Crippen LogP contribution in [0.3, 0.4) is 0 Å². The molecule has 1 amide bonds. The zero-order chi connectivity index (χ0) is 13.8. The van der Waals surface area contributed by atoms with Gasteiger partial charge in [-0.1, -0.05) is 29.3 Å². The van der Waals surface area contributed by atoms with Gasteiger partial charge in [0.05, 0.1) is 34.0 Å². The monoisotopic (exact) mass is 295 g/mol. The summed E-state index contributed by atoms with van der Waals surface area (Å²) < 4.78 is 0. The molecular weight excluding hydrogens is 285 g/mol. The van der Waals surface area contributed by atoms with Crippen LogP contribution in [0.5, 0.6) is 0 Å². The number of benzene rings is 1. The molecule has 1 heterocycles. The first kappa shape index (κ1) is 13.6. The second-order valence-electron chi connectivity index (χ2n) is 3.94. The molecule has 0 aliphatic rings. The fourth-order valence-electron chi connectivity index (χ4n) is 1.55. The first-order chi connectivity index (χ1) is 9.06. The summed E-state index contributed by atoms with van der Waals surface area (Å²) in [6, 6.07) is 6.72. The number of nitrogens with one attached hydrogen (secondary N) is 1. The quantitative estimate of drug-likeness (QED) is 0.914. The van der Waals surface area contributed by atoms with Crippen LogP contribution in [0.25, 0.3) is 0 Å². The van der Waals surface area contributed by atoms with Gasteiger partial charge < -0.3 is 11.1 Å². The highest BCUT2D eigenvalue weighted by molar-refractivity contribution is 6.42. The third-order valence-corrected chi connectivity index (χ3v) is 3.21. The van der Waals surface area contributed by atoms with E-state index >= 15 is 0 Å². The molecule has 0 saturated carbocycles. The normalized spacial score (nSPS) is 10.2. The number of hydrogen-bond donors (Lipinski definition) is 2. The van der Waals surface area contributed by atoms with E-state index in [2.05, 4.69) is 10.3 Å². The number of carbonyl (C=O) groups excluding carboxylic acids is 1. The number of hydrogen-bond acceptors (Lipinski definition) is 3. The highest BCUT2D eigenvalue weighted by atomic mass is 35.5. The number of carbonyl (C=O) groups is 1. The fraction of sp³-hybridized carbons (Fsp3) is 0.0769. The average Bonchev–Trinajstić information content (AvgIpc) is 2.37. The number of rotatable bonds is 3. The molecule has 98 valence electrons. The number of nitrogen functional groups attached to an aromatic ring is 1. The van der Waals surface area contributed by atoms with Crippen molar-refractivity contribution in [2.45, 2.75) is 6.42 Å². The maximum Gasteiger partial charge on any atom is 0.228 e. The van der Waals surface area contributed by atoms with Crippen LogP contribution < -0.4 is 11.1 Å². The van der Waals surface area contributed by atoms with Crippen LogP contribution in [-0.4, -0.2) is 10.9 Å². The lowest BCUT2D eigenvalue weighted by molar-refractivity contribution is -0.115. The maximum atomic E-state index is 11.9. The van der Waals surface area contributed by atoms with Gasteiger partial charge in [-0.3, -0.25) is 9.78 Å². The second kappa shape index (κ2) is 5.91. The highest BCUT2D eigenvalue weighted by Crippen LogP contribution is 2.23. The Balaban J connectivity index is 2.05. The third-order valence-electron chi connectivity index (χ3n) is 2.47.